The molecule has 1 amide bonds. The molecule has 42 heavy (non-hydrogen) atoms. The van der Waals surface area contributed by atoms with Crippen molar-refractivity contribution in [3.05, 3.63) is 94.8 Å². The molecule has 0 atom stereocenters. The van der Waals surface area contributed by atoms with Crippen LogP contribution in [0.2, 0.25) is 5.02 Å². The van der Waals surface area contributed by atoms with Crippen molar-refractivity contribution in [1.29, 1.82) is 5.26 Å². The third-order valence-corrected chi connectivity index (χ3v) is 8.31. The number of nitrogens with zero attached hydrogens (tertiary/aromatic N) is 3. The van der Waals surface area contributed by atoms with Crippen LogP contribution < -0.4 is 14.8 Å². The largest absolute Gasteiger partial charge is 0.493 e. The molecule has 0 unspecified atom stereocenters. The maximum Gasteiger partial charge on any atom is 0.226 e. The molecular formula is C32H25ClN4O3S2. The van der Waals surface area contributed by atoms with Gasteiger partial charge in [-0.25, -0.2) is 9.97 Å². The van der Waals surface area contributed by atoms with Crippen molar-refractivity contribution in [3.63, 3.8) is 0 Å². The number of aromatic nitrogens is 2. The summed E-state index contributed by atoms with van der Waals surface area (Å²) >= 11 is 8.70. The molecule has 3 aromatic carbocycles. The summed E-state index contributed by atoms with van der Waals surface area (Å²) in [5.41, 5.74) is 5.09. The highest BCUT2D eigenvalue weighted by molar-refractivity contribution is 7.99. The fourth-order valence-corrected chi connectivity index (χ4v) is 6.11. The van der Waals surface area contributed by atoms with Crippen molar-refractivity contribution in [3.8, 4) is 51.2 Å². The first-order valence-electron chi connectivity index (χ1n) is 12.9. The van der Waals surface area contributed by atoms with E-state index in [0.29, 0.717) is 54.8 Å². The molecule has 0 aliphatic carbocycles. The van der Waals surface area contributed by atoms with Gasteiger partial charge in [0.2, 0.25) is 5.91 Å². The number of para-hydroxylation sites is 1. The molecule has 0 spiro atoms. The third kappa shape index (κ3) is 6.58. The lowest BCUT2D eigenvalue weighted by Gasteiger charge is -2.16. The van der Waals surface area contributed by atoms with Gasteiger partial charge < -0.3 is 14.8 Å². The minimum atomic E-state index is -0.174. The second kappa shape index (κ2) is 13.5. The number of methoxy groups -OCH3 is 2. The summed E-state index contributed by atoms with van der Waals surface area (Å²) in [5, 5.41) is 16.7. The zero-order chi connectivity index (χ0) is 29.5. The molecular weight excluding hydrogens is 588 g/mol. The average molecular weight is 613 g/mol. The Morgan fingerprint density at radius 2 is 1.71 bits per heavy atom. The van der Waals surface area contributed by atoms with Crippen LogP contribution in [0.1, 0.15) is 12.0 Å². The quantitative estimate of drug-likeness (QED) is 0.159. The van der Waals surface area contributed by atoms with E-state index in [0.717, 1.165) is 16.8 Å². The topological polar surface area (TPSA) is 97.1 Å². The van der Waals surface area contributed by atoms with E-state index >= 15 is 0 Å². The van der Waals surface area contributed by atoms with Crippen LogP contribution in [-0.4, -0.2) is 35.8 Å². The Balaban J connectivity index is 1.38. The van der Waals surface area contributed by atoms with Crippen molar-refractivity contribution in [1.82, 2.24) is 9.97 Å². The third-order valence-electron chi connectivity index (χ3n) is 6.32. The zero-order valence-corrected chi connectivity index (χ0v) is 25.1. The molecule has 0 aliphatic heterocycles. The first-order valence-corrected chi connectivity index (χ1v) is 15.1. The zero-order valence-electron chi connectivity index (χ0n) is 22.8. The molecule has 210 valence electrons. The van der Waals surface area contributed by atoms with Gasteiger partial charge in [0.25, 0.3) is 0 Å². The molecule has 5 rings (SSSR count). The number of hydrogen-bond acceptors (Lipinski definition) is 8. The molecule has 10 heteroatoms. The number of rotatable bonds is 10. The Kier molecular flexibility index (Phi) is 9.39. The lowest BCUT2D eigenvalue weighted by atomic mass is 9.98. The van der Waals surface area contributed by atoms with E-state index in [1.165, 1.54) is 23.1 Å². The van der Waals surface area contributed by atoms with Crippen LogP contribution in [0.25, 0.3) is 33.6 Å². The van der Waals surface area contributed by atoms with Crippen LogP contribution in [0, 0.1) is 11.3 Å². The first-order chi connectivity index (χ1) is 20.5. The van der Waals surface area contributed by atoms with Gasteiger partial charge in [0, 0.05) is 44.8 Å². The Hall–Kier alpha value is -4.36. The van der Waals surface area contributed by atoms with Crippen molar-refractivity contribution < 1.29 is 14.3 Å². The van der Waals surface area contributed by atoms with Gasteiger partial charge in [-0.2, -0.15) is 5.26 Å². The lowest BCUT2D eigenvalue weighted by Crippen LogP contribution is -2.12. The van der Waals surface area contributed by atoms with Gasteiger partial charge in [-0.05, 0) is 24.3 Å². The molecule has 0 bridgehead atoms. The maximum atomic E-state index is 12.8. The van der Waals surface area contributed by atoms with E-state index in [9.17, 15) is 10.1 Å². The number of hydrogen-bond donors (Lipinski definition) is 1. The monoisotopic (exact) mass is 612 g/mol. The Morgan fingerprint density at radius 3 is 2.43 bits per heavy atom. The second-order valence-electron chi connectivity index (χ2n) is 8.95. The number of nitriles is 1. The van der Waals surface area contributed by atoms with Crippen LogP contribution in [0.3, 0.4) is 0 Å². The Labute approximate surface area is 257 Å². The fourth-order valence-electron chi connectivity index (χ4n) is 4.31. The van der Waals surface area contributed by atoms with Crippen LogP contribution in [0.4, 0.5) is 5.13 Å². The number of nitrogens with one attached hydrogen (secondary N) is 1. The molecule has 2 heterocycles. The van der Waals surface area contributed by atoms with Gasteiger partial charge >= 0.3 is 0 Å². The Bertz CT molecular complexity index is 1750. The van der Waals surface area contributed by atoms with Crippen LogP contribution >= 0.6 is 34.7 Å². The van der Waals surface area contributed by atoms with Gasteiger partial charge in [0.15, 0.2) is 16.6 Å². The summed E-state index contributed by atoms with van der Waals surface area (Å²) in [6, 6.07) is 26.9. The molecule has 0 aliphatic rings. The summed E-state index contributed by atoms with van der Waals surface area (Å²) in [7, 11) is 3.15. The average Bonchev–Trinajstić information content (AvgIpc) is 3.49. The van der Waals surface area contributed by atoms with Crippen molar-refractivity contribution in [2.24, 2.45) is 0 Å². The predicted molar refractivity (Wildman–Crippen MR) is 169 cm³/mol. The number of thiazole rings is 1. The van der Waals surface area contributed by atoms with Gasteiger partial charge in [-0.3, -0.25) is 4.79 Å². The minimum Gasteiger partial charge on any atom is -0.493 e. The summed E-state index contributed by atoms with van der Waals surface area (Å²) < 4.78 is 11.2. The number of halogens is 1. The summed E-state index contributed by atoms with van der Waals surface area (Å²) in [4.78, 5) is 22.2. The van der Waals surface area contributed by atoms with Gasteiger partial charge in [-0.1, -0.05) is 66.2 Å². The van der Waals surface area contributed by atoms with Crippen molar-refractivity contribution in [2.45, 2.75) is 11.4 Å². The van der Waals surface area contributed by atoms with Crippen molar-refractivity contribution in [2.75, 3.05) is 25.3 Å². The normalized spacial score (nSPS) is 10.6. The minimum absolute atomic E-state index is 0.174. The number of thioether (sulfide) groups is 1. The van der Waals surface area contributed by atoms with Crippen LogP contribution in [-0.2, 0) is 4.79 Å². The van der Waals surface area contributed by atoms with Gasteiger partial charge in [-0.15, -0.1) is 23.1 Å². The SMILES string of the molecule is COc1cccc(-c2cc(-c3ccccc3)nc(SCCC(=O)Nc3nc(-c4ccc(Cl)cc4)cs3)c2C#N)c1OC. The predicted octanol–water partition coefficient (Wildman–Crippen LogP) is 8.20. The highest BCUT2D eigenvalue weighted by Gasteiger charge is 2.21. The number of carbonyl (C=O) groups is 1. The molecule has 7 nitrogen and oxygen atoms in total. The van der Waals surface area contributed by atoms with Crippen LogP contribution in [0.5, 0.6) is 11.5 Å². The standard InChI is InChI=1S/C32H25ClN4O3S2/c1-39-28-10-6-9-23(30(28)40-2)24-17-26(20-7-4-3-5-8-20)35-31(25(24)18-34)41-16-15-29(38)37-32-36-27(19-42-32)21-11-13-22(33)14-12-21/h3-14,17,19H,15-16H2,1-2H3,(H,36,37,38). The summed E-state index contributed by atoms with van der Waals surface area (Å²) in [5.74, 6) is 1.32. The van der Waals surface area contributed by atoms with Gasteiger partial charge in [0.1, 0.15) is 11.1 Å². The molecule has 2 aromatic heterocycles. The van der Waals surface area contributed by atoms with Crippen LogP contribution in [0.15, 0.2) is 89.3 Å². The molecule has 0 saturated carbocycles. The number of pyridine rings is 1. The molecule has 0 saturated heterocycles. The fraction of sp³-hybridized carbons (Fsp3) is 0.125. The highest BCUT2D eigenvalue weighted by Crippen LogP contribution is 2.42. The first kappa shape index (κ1) is 29.1. The summed E-state index contributed by atoms with van der Waals surface area (Å²) in [6.07, 6.45) is 0.209. The van der Waals surface area contributed by atoms with Gasteiger partial charge in [0.05, 0.1) is 31.2 Å². The van der Waals surface area contributed by atoms with E-state index in [2.05, 4.69) is 16.4 Å². The van der Waals surface area contributed by atoms with Crippen molar-refractivity contribution >= 4 is 45.7 Å². The highest BCUT2D eigenvalue weighted by atomic mass is 35.5. The maximum absolute atomic E-state index is 12.8. The number of amides is 1. The van der Waals surface area contributed by atoms with E-state index < -0.39 is 0 Å². The van der Waals surface area contributed by atoms with E-state index in [1.807, 2.05) is 72.1 Å². The lowest BCUT2D eigenvalue weighted by molar-refractivity contribution is -0.115. The number of benzene rings is 3. The molecule has 0 fully saturated rings. The molecule has 0 radical (unpaired) electrons. The molecule has 1 N–H and O–H groups in total. The summed E-state index contributed by atoms with van der Waals surface area (Å²) in [6.45, 7) is 0. The number of ether oxygens (including phenoxy) is 2. The Morgan fingerprint density at radius 1 is 0.952 bits per heavy atom. The second-order valence-corrected chi connectivity index (χ2v) is 11.3. The van der Waals surface area contributed by atoms with E-state index in [4.69, 9.17) is 26.1 Å². The van der Waals surface area contributed by atoms with E-state index in [1.54, 1.807) is 26.4 Å². The number of carbonyl (C=O) groups excluding carboxylic acids is 1. The number of anilines is 1. The molecule has 5 aromatic rings. The van der Waals surface area contributed by atoms with E-state index in [-0.39, 0.29) is 12.3 Å². The smallest absolute Gasteiger partial charge is 0.226 e.